The number of aliphatic carboxylic acids is 1. The van der Waals surface area contributed by atoms with E-state index in [0.29, 0.717) is 13.1 Å². The molecule has 6 heteroatoms. The molecule has 21 heavy (non-hydrogen) atoms. The molecule has 0 bridgehead atoms. The number of likely N-dealkylation sites (N-methyl/N-ethyl adjacent to an activating group) is 1. The van der Waals surface area contributed by atoms with Crippen molar-refractivity contribution in [2.24, 2.45) is 5.41 Å². The molecule has 0 aromatic heterocycles. The highest BCUT2D eigenvalue weighted by molar-refractivity contribution is 5.74. The first kappa shape index (κ1) is 16.1. The summed E-state index contributed by atoms with van der Waals surface area (Å²) in [6, 6.07) is -0.138. The lowest BCUT2D eigenvalue weighted by Crippen LogP contribution is -2.48. The molecule has 1 aliphatic carbocycles. The number of hydrogen-bond acceptors (Lipinski definition) is 3. The number of rotatable bonds is 6. The minimum absolute atomic E-state index is 0.131. The molecule has 1 unspecified atom stereocenters. The largest absolute Gasteiger partial charge is 0.481 e. The van der Waals surface area contributed by atoms with Gasteiger partial charge in [-0.15, -0.1) is 0 Å². The van der Waals surface area contributed by atoms with E-state index in [-0.39, 0.29) is 24.0 Å². The van der Waals surface area contributed by atoms with Crippen LogP contribution in [0.15, 0.2) is 0 Å². The first-order valence-electron chi connectivity index (χ1n) is 7.83. The number of carbonyl (C=O) groups is 2. The Kier molecular flexibility index (Phi) is 5.45. The van der Waals surface area contributed by atoms with Crippen LogP contribution in [0.3, 0.4) is 0 Å². The van der Waals surface area contributed by atoms with Crippen molar-refractivity contribution in [1.82, 2.24) is 10.2 Å². The number of carbonyl (C=O) groups excluding carboxylic acids is 1. The molecule has 0 aromatic rings. The van der Waals surface area contributed by atoms with E-state index < -0.39 is 5.97 Å². The molecule has 0 spiro atoms. The molecule has 2 rings (SSSR count). The highest BCUT2D eigenvalue weighted by Gasteiger charge is 2.39. The fourth-order valence-corrected chi connectivity index (χ4v) is 3.15. The SMILES string of the molecule is CN(CC1CCCCO1)C(=O)NCC1(CC(=O)O)CCC1. The zero-order valence-corrected chi connectivity index (χ0v) is 12.8. The van der Waals surface area contributed by atoms with Crippen LogP contribution in [0.4, 0.5) is 4.79 Å². The summed E-state index contributed by atoms with van der Waals surface area (Å²) in [5, 5.41) is 11.9. The van der Waals surface area contributed by atoms with Gasteiger partial charge in [0.2, 0.25) is 0 Å². The fourth-order valence-electron chi connectivity index (χ4n) is 3.15. The van der Waals surface area contributed by atoms with E-state index in [9.17, 15) is 9.59 Å². The van der Waals surface area contributed by atoms with Crippen molar-refractivity contribution in [2.75, 3.05) is 26.7 Å². The molecule has 1 saturated heterocycles. The van der Waals surface area contributed by atoms with Gasteiger partial charge in [-0.25, -0.2) is 4.79 Å². The standard InChI is InChI=1S/C15H26N2O4/c1-17(10-12-5-2-3-8-21-12)14(20)16-11-15(6-4-7-15)9-13(18)19/h12H,2-11H2,1H3,(H,16,20)(H,18,19). The van der Waals surface area contributed by atoms with Crippen LogP contribution in [0.2, 0.25) is 0 Å². The average molecular weight is 298 g/mol. The van der Waals surface area contributed by atoms with Gasteiger partial charge in [0.25, 0.3) is 0 Å². The number of nitrogens with one attached hydrogen (secondary N) is 1. The van der Waals surface area contributed by atoms with Crippen LogP contribution in [0.5, 0.6) is 0 Å². The summed E-state index contributed by atoms with van der Waals surface area (Å²) >= 11 is 0. The molecule has 1 aliphatic heterocycles. The lowest BCUT2D eigenvalue weighted by atomic mass is 9.66. The van der Waals surface area contributed by atoms with E-state index >= 15 is 0 Å². The van der Waals surface area contributed by atoms with Gasteiger partial charge in [0.1, 0.15) is 0 Å². The minimum atomic E-state index is -0.784. The monoisotopic (exact) mass is 298 g/mol. The third kappa shape index (κ3) is 4.59. The molecule has 2 aliphatic rings. The Morgan fingerprint density at radius 2 is 2.10 bits per heavy atom. The number of nitrogens with zero attached hydrogens (tertiary/aromatic N) is 1. The van der Waals surface area contributed by atoms with Crippen LogP contribution >= 0.6 is 0 Å². The Bertz CT molecular complexity index is 376. The summed E-state index contributed by atoms with van der Waals surface area (Å²) in [5.74, 6) is -0.784. The van der Waals surface area contributed by atoms with Crippen molar-refractivity contribution in [2.45, 2.75) is 51.0 Å². The average Bonchev–Trinajstić information content (AvgIpc) is 2.42. The molecule has 1 saturated carbocycles. The normalized spacial score (nSPS) is 24.0. The molecule has 6 nitrogen and oxygen atoms in total. The van der Waals surface area contributed by atoms with Crippen LogP contribution in [0.25, 0.3) is 0 Å². The van der Waals surface area contributed by atoms with E-state index in [1.54, 1.807) is 11.9 Å². The van der Waals surface area contributed by atoms with Gasteiger partial charge in [0.05, 0.1) is 12.5 Å². The fraction of sp³-hybridized carbons (Fsp3) is 0.867. The van der Waals surface area contributed by atoms with Crippen LogP contribution in [0.1, 0.15) is 44.9 Å². The topological polar surface area (TPSA) is 78.9 Å². The van der Waals surface area contributed by atoms with E-state index in [0.717, 1.165) is 45.1 Å². The molecule has 0 aromatic carbocycles. The molecule has 2 fully saturated rings. The van der Waals surface area contributed by atoms with Crippen molar-refractivity contribution in [3.63, 3.8) is 0 Å². The Labute approximate surface area is 125 Å². The first-order chi connectivity index (χ1) is 10.0. The smallest absolute Gasteiger partial charge is 0.317 e. The third-order valence-electron chi connectivity index (χ3n) is 4.65. The Morgan fingerprint density at radius 1 is 1.33 bits per heavy atom. The van der Waals surface area contributed by atoms with E-state index in [1.807, 2.05) is 0 Å². The van der Waals surface area contributed by atoms with Gasteiger partial charge in [0, 0.05) is 26.7 Å². The lowest BCUT2D eigenvalue weighted by molar-refractivity contribution is -0.141. The Morgan fingerprint density at radius 3 is 2.62 bits per heavy atom. The van der Waals surface area contributed by atoms with Gasteiger partial charge in [0.15, 0.2) is 0 Å². The molecular weight excluding hydrogens is 272 g/mol. The number of carboxylic acids is 1. The number of ether oxygens (including phenoxy) is 1. The second-order valence-corrected chi connectivity index (χ2v) is 6.45. The van der Waals surface area contributed by atoms with Crippen molar-refractivity contribution in [1.29, 1.82) is 0 Å². The second kappa shape index (κ2) is 7.11. The maximum Gasteiger partial charge on any atom is 0.317 e. The molecule has 1 heterocycles. The van der Waals surface area contributed by atoms with Crippen LogP contribution in [-0.4, -0.2) is 54.9 Å². The number of amides is 2. The van der Waals surface area contributed by atoms with Crippen molar-refractivity contribution in [3.05, 3.63) is 0 Å². The number of carboxylic acid groups (broad SMARTS) is 1. The van der Waals surface area contributed by atoms with Gasteiger partial charge in [-0.2, -0.15) is 0 Å². The van der Waals surface area contributed by atoms with Crippen LogP contribution in [-0.2, 0) is 9.53 Å². The van der Waals surface area contributed by atoms with Crippen molar-refractivity contribution in [3.8, 4) is 0 Å². The van der Waals surface area contributed by atoms with Crippen LogP contribution < -0.4 is 5.32 Å². The summed E-state index contributed by atoms with van der Waals surface area (Å²) in [6.45, 7) is 1.83. The maximum absolute atomic E-state index is 12.1. The zero-order chi connectivity index (χ0) is 15.3. The van der Waals surface area contributed by atoms with E-state index in [2.05, 4.69) is 5.32 Å². The Hall–Kier alpha value is -1.30. The van der Waals surface area contributed by atoms with Crippen molar-refractivity contribution >= 4 is 12.0 Å². The van der Waals surface area contributed by atoms with Gasteiger partial charge in [-0.1, -0.05) is 6.42 Å². The predicted octanol–water partition coefficient (Wildman–Crippen LogP) is 1.84. The summed E-state index contributed by atoms with van der Waals surface area (Å²) in [6.07, 6.45) is 6.35. The van der Waals surface area contributed by atoms with Gasteiger partial charge in [-0.05, 0) is 37.5 Å². The summed E-state index contributed by atoms with van der Waals surface area (Å²) < 4.78 is 5.63. The van der Waals surface area contributed by atoms with E-state index in [4.69, 9.17) is 9.84 Å². The molecular formula is C15H26N2O4. The summed E-state index contributed by atoms with van der Waals surface area (Å²) in [7, 11) is 1.76. The van der Waals surface area contributed by atoms with Gasteiger partial charge < -0.3 is 20.1 Å². The van der Waals surface area contributed by atoms with Gasteiger partial charge in [-0.3, -0.25) is 4.79 Å². The second-order valence-electron chi connectivity index (χ2n) is 6.45. The summed E-state index contributed by atoms with van der Waals surface area (Å²) in [4.78, 5) is 24.7. The van der Waals surface area contributed by atoms with E-state index in [1.165, 1.54) is 0 Å². The minimum Gasteiger partial charge on any atom is -0.481 e. The highest BCUT2D eigenvalue weighted by Crippen LogP contribution is 2.43. The third-order valence-corrected chi connectivity index (χ3v) is 4.65. The Balaban J connectivity index is 1.73. The lowest BCUT2D eigenvalue weighted by Gasteiger charge is -2.41. The van der Waals surface area contributed by atoms with Crippen LogP contribution in [0, 0.1) is 5.41 Å². The van der Waals surface area contributed by atoms with Crippen molar-refractivity contribution < 1.29 is 19.4 Å². The summed E-state index contributed by atoms with van der Waals surface area (Å²) in [5.41, 5.74) is -0.232. The predicted molar refractivity (Wildman–Crippen MR) is 78.2 cm³/mol. The molecule has 2 N–H and O–H groups in total. The molecule has 120 valence electrons. The molecule has 2 amide bonds. The highest BCUT2D eigenvalue weighted by atomic mass is 16.5. The number of urea groups is 1. The molecule has 0 radical (unpaired) electrons. The van der Waals surface area contributed by atoms with Gasteiger partial charge >= 0.3 is 12.0 Å². The first-order valence-corrected chi connectivity index (χ1v) is 7.83. The zero-order valence-electron chi connectivity index (χ0n) is 12.8. The quantitative estimate of drug-likeness (QED) is 0.784. The maximum atomic E-state index is 12.1. The number of hydrogen-bond donors (Lipinski definition) is 2. The molecule has 1 atom stereocenters.